The molecule has 1 amide bonds. The van der Waals surface area contributed by atoms with Gasteiger partial charge in [0.05, 0.1) is 30.0 Å². The van der Waals surface area contributed by atoms with Crippen molar-refractivity contribution >= 4 is 23.3 Å². The lowest BCUT2D eigenvalue weighted by Gasteiger charge is -2.39. The van der Waals surface area contributed by atoms with E-state index in [4.69, 9.17) is 24.1 Å². The number of rotatable bonds is 4. The predicted molar refractivity (Wildman–Crippen MR) is 116 cm³/mol. The standard InChI is InChI=1S/C21H21N3O6.CH3NO2/c1-9-16(22-10-3-4-13-14(5-10)30-8-29-13)19(27)15-11(7-25)21(28-2)20-12(23-20)6-24(21)17(15)18(9)26;2-1(3)4/h3-5,11-12,20,22-23,25H,6-8H2,1-2H3;2H2,(H,3,4). The van der Waals surface area contributed by atoms with E-state index in [2.05, 4.69) is 16.4 Å². The molecular formula is C22H24N4O8. The number of ether oxygens (including phenoxy) is 3. The molecule has 0 saturated carbocycles. The van der Waals surface area contributed by atoms with E-state index in [1.807, 2.05) is 4.90 Å². The van der Waals surface area contributed by atoms with E-state index in [9.17, 15) is 14.7 Å². The number of amides is 1. The summed E-state index contributed by atoms with van der Waals surface area (Å²) < 4.78 is 16.6. The highest BCUT2D eigenvalue weighted by Gasteiger charge is 2.72. The number of Topliss-reactive ketones (excluding diaryl/α,β-unsaturated/α-hetero) is 2. The zero-order valence-corrected chi connectivity index (χ0v) is 18.5. The zero-order chi connectivity index (χ0) is 24.4. The van der Waals surface area contributed by atoms with E-state index in [0.717, 1.165) is 0 Å². The van der Waals surface area contributed by atoms with Crippen LogP contribution in [0.3, 0.4) is 0 Å². The third-order valence-corrected chi connectivity index (χ3v) is 6.86. The van der Waals surface area contributed by atoms with Gasteiger partial charge in [-0.25, -0.2) is 4.79 Å². The van der Waals surface area contributed by atoms with Crippen LogP contribution in [0.15, 0.2) is 40.7 Å². The number of hydrogen-bond donors (Lipinski definition) is 5. The molecule has 0 aromatic heterocycles. The SMILES string of the molecule is COC12C(CO)C3=C(C(=O)C(C)=C(Nc4ccc5c(c4)OCO5)C3=O)N1CC1NC12.NC(=O)O. The molecule has 4 unspecified atom stereocenters. The summed E-state index contributed by atoms with van der Waals surface area (Å²) in [6, 6.07) is 5.43. The molecule has 1 aromatic carbocycles. The molecule has 12 heteroatoms. The monoisotopic (exact) mass is 472 g/mol. The predicted octanol–water partition coefficient (Wildman–Crippen LogP) is -0.249. The second kappa shape index (κ2) is 7.72. The summed E-state index contributed by atoms with van der Waals surface area (Å²) in [6.45, 7) is 2.08. The van der Waals surface area contributed by atoms with Crippen LogP contribution in [0.4, 0.5) is 10.5 Å². The maximum atomic E-state index is 13.6. The van der Waals surface area contributed by atoms with Crippen molar-refractivity contribution in [2.75, 3.05) is 32.4 Å². The highest BCUT2D eigenvalue weighted by molar-refractivity contribution is 6.26. The van der Waals surface area contributed by atoms with Crippen LogP contribution >= 0.6 is 0 Å². The van der Waals surface area contributed by atoms with Crippen molar-refractivity contribution in [3.63, 3.8) is 0 Å². The number of anilines is 1. The number of benzene rings is 1. The fourth-order valence-electron chi connectivity index (χ4n) is 5.41. The summed E-state index contributed by atoms with van der Waals surface area (Å²) in [5.41, 5.74) is 4.97. The number of nitrogens with zero attached hydrogens (tertiary/aromatic N) is 1. The topological polar surface area (TPSA) is 183 Å². The van der Waals surface area contributed by atoms with Crippen molar-refractivity contribution in [2.24, 2.45) is 11.7 Å². The first-order chi connectivity index (χ1) is 16.2. The Morgan fingerprint density at radius 3 is 2.71 bits per heavy atom. The van der Waals surface area contributed by atoms with E-state index in [1.165, 1.54) is 0 Å². The largest absolute Gasteiger partial charge is 0.465 e. The number of ketones is 2. The van der Waals surface area contributed by atoms with Crippen molar-refractivity contribution in [3.8, 4) is 11.5 Å². The van der Waals surface area contributed by atoms with E-state index < -0.39 is 17.7 Å². The fourth-order valence-corrected chi connectivity index (χ4v) is 5.41. The molecular weight excluding hydrogens is 448 g/mol. The molecule has 0 radical (unpaired) electrons. The zero-order valence-electron chi connectivity index (χ0n) is 18.5. The second-order valence-corrected chi connectivity index (χ2v) is 8.50. The first kappa shape index (κ1) is 22.2. The van der Waals surface area contributed by atoms with Gasteiger partial charge in [-0.1, -0.05) is 0 Å². The van der Waals surface area contributed by atoms with Gasteiger partial charge >= 0.3 is 6.09 Å². The normalized spacial score (nSPS) is 30.0. The van der Waals surface area contributed by atoms with E-state index in [0.29, 0.717) is 40.6 Å². The van der Waals surface area contributed by atoms with Gasteiger partial charge < -0.3 is 45.7 Å². The molecule has 6 N–H and O–H groups in total. The number of nitrogens with one attached hydrogen (secondary N) is 2. The smallest absolute Gasteiger partial charge is 0.402 e. The molecule has 34 heavy (non-hydrogen) atoms. The lowest BCUT2D eigenvalue weighted by atomic mass is 9.82. The first-order valence-electron chi connectivity index (χ1n) is 10.6. The number of aliphatic hydroxyl groups excluding tert-OH is 1. The summed E-state index contributed by atoms with van der Waals surface area (Å²) in [7, 11) is 1.57. The molecule has 180 valence electrons. The number of aliphatic hydroxyl groups is 1. The van der Waals surface area contributed by atoms with Crippen LogP contribution in [0.1, 0.15) is 6.92 Å². The van der Waals surface area contributed by atoms with Crippen LogP contribution in [0, 0.1) is 5.92 Å². The molecule has 4 heterocycles. The molecule has 12 nitrogen and oxygen atoms in total. The minimum absolute atomic E-state index is 0.0172. The number of allylic oxidation sites excluding steroid dienone is 2. The minimum atomic E-state index is -1.33. The maximum Gasteiger partial charge on any atom is 0.402 e. The van der Waals surface area contributed by atoms with Crippen LogP contribution < -0.4 is 25.8 Å². The van der Waals surface area contributed by atoms with Gasteiger partial charge in [0, 0.05) is 42.6 Å². The molecule has 4 aliphatic heterocycles. The van der Waals surface area contributed by atoms with Crippen LogP contribution in [0.25, 0.3) is 0 Å². The molecule has 4 atom stereocenters. The van der Waals surface area contributed by atoms with E-state index >= 15 is 0 Å². The summed E-state index contributed by atoms with van der Waals surface area (Å²) in [5.74, 6) is 0.0909. The van der Waals surface area contributed by atoms with Crippen molar-refractivity contribution in [2.45, 2.75) is 24.7 Å². The lowest BCUT2D eigenvalue weighted by molar-refractivity contribution is -0.137. The number of fused-ring (bicyclic) bond motifs is 5. The van der Waals surface area contributed by atoms with Crippen LogP contribution in [0.5, 0.6) is 11.5 Å². The van der Waals surface area contributed by atoms with Crippen LogP contribution in [-0.4, -0.2) is 77.6 Å². The highest BCUT2D eigenvalue weighted by Crippen LogP contribution is 2.55. The number of carboxylic acid groups (broad SMARTS) is 1. The number of carbonyl (C=O) groups is 3. The molecule has 1 aromatic rings. The molecule has 0 bridgehead atoms. The van der Waals surface area contributed by atoms with Gasteiger partial charge in [0.1, 0.15) is 0 Å². The molecule has 6 rings (SSSR count). The van der Waals surface area contributed by atoms with Gasteiger partial charge in [-0.2, -0.15) is 0 Å². The Kier molecular flexibility index (Phi) is 5.04. The van der Waals surface area contributed by atoms with E-state index in [-0.39, 0.29) is 42.7 Å². The molecule has 2 fully saturated rings. The minimum Gasteiger partial charge on any atom is -0.465 e. The lowest BCUT2D eigenvalue weighted by Crippen LogP contribution is -2.54. The Morgan fingerprint density at radius 2 is 2.03 bits per heavy atom. The maximum absolute atomic E-state index is 13.6. The number of nitrogens with two attached hydrogens (primary N) is 1. The van der Waals surface area contributed by atoms with Crippen molar-refractivity contribution in [1.29, 1.82) is 0 Å². The van der Waals surface area contributed by atoms with Crippen LogP contribution in [0.2, 0.25) is 0 Å². The number of primary amides is 1. The third-order valence-electron chi connectivity index (χ3n) is 6.86. The average molecular weight is 472 g/mol. The second-order valence-electron chi connectivity index (χ2n) is 8.50. The number of methoxy groups -OCH3 is 1. The molecule has 5 aliphatic rings. The Labute approximate surface area is 193 Å². The van der Waals surface area contributed by atoms with Gasteiger partial charge in [0.25, 0.3) is 0 Å². The van der Waals surface area contributed by atoms with Crippen molar-refractivity contribution in [3.05, 3.63) is 40.7 Å². The highest BCUT2D eigenvalue weighted by atomic mass is 16.7. The number of carbonyl (C=O) groups excluding carboxylic acids is 2. The Hall–Kier alpha value is -3.61. The van der Waals surface area contributed by atoms with Gasteiger partial charge in [0.15, 0.2) is 17.2 Å². The van der Waals surface area contributed by atoms with Gasteiger partial charge in [-0.3, -0.25) is 9.59 Å². The van der Waals surface area contributed by atoms with Gasteiger partial charge in [0.2, 0.25) is 18.4 Å². The summed E-state index contributed by atoms with van der Waals surface area (Å²) in [4.78, 5) is 37.6. The van der Waals surface area contributed by atoms with Crippen LogP contribution in [-0.2, 0) is 14.3 Å². The van der Waals surface area contributed by atoms with Crippen molar-refractivity contribution in [1.82, 2.24) is 10.2 Å². The van der Waals surface area contributed by atoms with Gasteiger partial charge in [-0.05, 0) is 19.1 Å². The molecule has 2 saturated heterocycles. The summed E-state index contributed by atoms with van der Waals surface area (Å²) in [5, 5.41) is 23.9. The van der Waals surface area contributed by atoms with Gasteiger partial charge in [-0.15, -0.1) is 0 Å². The Balaban J connectivity index is 0.000000560. The fraction of sp³-hybridized carbons (Fsp3) is 0.409. The summed E-state index contributed by atoms with van der Waals surface area (Å²) in [6.07, 6.45) is -1.33. The average Bonchev–Trinajstić information content (AvgIpc) is 3.17. The summed E-state index contributed by atoms with van der Waals surface area (Å²) >= 11 is 0. The quantitative estimate of drug-likeness (QED) is 0.288. The first-order valence-corrected chi connectivity index (χ1v) is 10.6. The Bertz CT molecular complexity index is 1170. The number of piperazine rings is 1. The Morgan fingerprint density at radius 1 is 1.32 bits per heavy atom. The molecule has 1 aliphatic carbocycles. The van der Waals surface area contributed by atoms with E-state index in [1.54, 1.807) is 32.2 Å². The molecule has 0 spiro atoms. The number of hydrogen-bond acceptors (Lipinski definition) is 10. The third kappa shape index (κ3) is 2.99. The van der Waals surface area contributed by atoms with Crippen molar-refractivity contribution < 1.29 is 38.8 Å².